The second-order valence-corrected chi connectivity index (χ2v) is 6.65. The molecule has 0 aromatic carbocycles. The molecule has 2 fully saturated rings. The number of aliphatic carboxylic acids is 1. The SMILES string of the molecule is CC1CC(CCNC(=O)NC2CCC(C(=O)O)CC2)CCO1. The Morgan fingerprint density at radius 2 is 1.91 bits per heavy atom. The summed E-state index contributed by atoms with van der Waals surface area (Å²) >= 11 is 0. The number of amides is 2. The first-order valence-electron chi connectivity index (χ1n) is 8.43. The maximum Gasteiger partial charge on any atom is 0.315 e. The lowest BCUT2D eigenvalue weighted by Crippen LogP contribution is -2.44. The Balaban J connectivity index is 1.57. The molecule has 1 heterocycles. The smallest absolute Gasteiger partial charge is 0.315 e. The van der Waals surface area contributed by atoms with Crippen molar-refractivity contribution in [3.8, 4) is 0 Å². The van der Waals surface area contributed by atoms with Gasteiger partial charge in [0.2, 0.25) is 0 Å². The molecule has 1 aliphatic carbocycles. The van der Waals surface area contributed by atoms with Crippen molar-refractivity contribution in [2.24, 2.45) is 11.8 Å². The van der Waals surface area contributed by atoms with Crippen LogP contribution in [0.2, 0.25) is 0 Å². The fourth-order valence-electron chi connectivity index (χ4n) is 3.46. The molecule has 0 aromatic heterocycles. The summed E-state index contributed by atoms with van der Waals surface area (Å²) < 4.78 is 5.52. The molecule has 0 radical (unpaired) electrons. The van der Waals surface area contributed by atoms with Gasteiger partial charge in [-0.25, -0.2) is 4.79 Å². The molecule has 2 aliphatic rings. The average molecular weight is 312 g/mol. The molecule has 6 heteroatoms. The van der Waals surface area contributed by atoms with Crippen LogP contribution in [0.3, 0.4) is 0 Å². The number of nitrogens with one attached hydrogen (secondary N) is 2. The number of hydrogen-bond donors (Lipinski definition) is 3. The normalized spacial score (nSPS) is 32.2. The number of ether oxygens (including phenoxy) is 1. The molecule has 0 aromatic rings. The van der Waals surface area contributed by atoms with E-state index in [0.717, 1.165) is 38.7 Å². The minimum atomic E-state index is -0.714. The number of carboxylic acids is 1. The van der Waals surface area contributed by atoms with Crippen molar-refractivity contribution < 1.29 is 19.4 Å². The van der Waals surface area contributed by atoms with Crippen molar-refractivity contribution in [1.29, 1.82) is 0 Å². The minimum absolute atomic E-state index is 0.110. The molecule has 1 saturated heterocycles. The molecule has 1 saturated carbocycles. The molecule has 126 valence electrons. The molecular weight excluding hydrogens is 284 g/mol. The zero-order valence-electron chi connectivity index (χ0n) is 13.3. The predicted molar refractivity (Wildman–Crippen MR) is 82.7 cm³/mol. The molecular formula is C16H28N2O4. The Hall–Kier alpha value is -1.30. The van der Waals surface area contributed by atoms with Gasteiger partial charge in [0.15, 0.2) is 0 Å². The van der Waals surface area contributed by atoms with Crippen molar-refractivity contribution in [3.63, 3.8) is 0 Å². The molecule has 0 spiro atoms. The third-order valence-corrected chi connectivity index (χ3v) is 4.84. The van der Waals surface area contributed by atoms with Gasteiger partial charge in [0.25, 0.3) is 0 Å². The van der Waals surface area contributed by atoms with E-state index in [1.807, 2.05) is 0 Å². The third-order valence-electron chi connectivity index (χ3n) is 4.84. The van der Waals surface area contributed by atoms with E-state index in [4.69, 9.17) is 9.84 Å². The second-order valence-electron chi connectivity index (χ2n) is 6.65. The first-order chi connectivity index (χ1) is 10.5. The van der Waals surface area contributed by atoms with Gasteiger partial charge in [-0.2, -0.15) is 0 Å². The highest BCUT2D eigenvalue weighted by Gasteiger charge is 2.26. The summed E-state index contributed by atoms with van der Waals surface area (Å²) in [6, 6.07) is -0.0161. The fourth-order valence-corrected chi connectivity index (χ4v) is 3.46. The molecule has 2 atom stereocenters. The van der Waals surface area contributed by atoms with Gasteiger partial charge in [-0.1, -0.05) is 0 Å². The van der Waals surface area contributed by atoms with Crippen LogP contribution in [0.5, 0.6) is 0 Å². The number of carbonyl (C=O) groups is 2. The topological polar surface area (TPSA) is 87.7 Å². The number of carbonyl (C=O) groups excluding carboxylic acids is 1. The van der Waals surface area contributed by atoms with E-state index in [1.165, 1.54) is 0 Å². The lowest BCUT2D eigenvalue weighted by atomic mass is 9.86. The minimum Gasteiger partial charge on any atom is -0.481 e. The third kappa shape index (κ3) is 5.48. The van der Waals surface area contributed by atoms with Crippen LogP contribution >= 0.6 is 0 Å². The van der Waals surface area contributed by atoms with Crippen molar-refractivity contribution in [1.82, 2.24) is 10.6 Å². The summed E-state index contributed by atoms with van der Waals surface area (Å²) in [6.45, 7) is 3.61. The largest absolute Gasteiger partial charge is 0.481 e. The van der Waals surface area contributed by atoms with Gasteiger partial charge in [-0.05, 0) is 57.8 Å². The highest BCUT2D eigenvalue weighted by molar-refractivity contribution is 5.74. The Kier molecular flexibility index (Phi) is 6.49. The summed E-state index contributed by atoms with van der Waals surface area (Å²) in [6.07, 6.45) is 6.28. The molecule has 1 aliphatic heterocycles. The van der Waals surface area contributed by atoms with Gasteiger partial charge in [-0.15, -0.1) is 0 Å². The van der Waals surface area contributed by atoms with Crippen LogP contribution in [0.1, 0.15) is 51.9 Å². The molecule has 2 amide bonds. The molecule has 2 unspecified atom stereocenters. The van der Waals surface area contributed by atoms with Crippen LogP contribution < -0.4 is 10.6 Å². The highest BCUT2D eigenvalue weighted by atomic mass is 16.5. The summed E-state index contributed by atoms with van der Waals surface area (Å²) in [5.74, 6) is -0.319. The van der Waals surface area contributed by atoms with Gasteiger partial charge >= 0.3 is 12.0 Å². The Labute approximate surface area is 132 Å². The van der Waals surface area contributed by atoms with E-state index >= 15 is 0 Å². The molecule has 2 rings (SSSR count). The van der Waals surface area contributed by atoms with Crippen molar-refractivity contribution in [2.75, 3.05) is 13.2 Å². The van der Waals surface area contributed by atoms with Crippen LogP contribution in [0.4, 0.5) is 4.79 Å². The lowest BCUT2D eigenvalue weighted by Gasteiger charge is -2.28. The first kappa shape index (κ1) is 17.1. The zero-order valence-corrected chi connectivity index (χ0v) is 13.3. The predicted octanol–water partition coefficient (Wildman–Crippen LogP) is 2.13. The molecule has 6 nitrogen and oxygen atoms in total. The average Bonchev–Trinajstić information content (AvgIpc) is 2.48. The van der Waals surface area contributed by atoms with Crippen LogP contribution in [-0.2, 0) is 9.53 Å². The Morgan fingerprint density at radius 3 is 2.55 bits per heavy atom. The summed E-state index contributed by atoms with van der Waals surface area (Å²) in [4.78, 5) is 22.8. The van der Waals surface area contributed by atoms with Gasteiger partial charge in [0.05, 0.1) is 12.0 Å². The number of hydrogen-bond acceptors (Lipinski definition) is 3. The quantitative estimate of drug-likeness (QED) is 0.726. The first-order valence-corrected chi connectivity index (χ1v) is 8.43. The van der Waals surface area contributed by atoms with E-state index in [9.17, 15) is 9.59 Å². The van der Waals surface area contributed by atoms with Crippen molar-refractivity contribution >= 4 is 12.0 Å². The van der Waals surface area contributed by atoms with Crippen LogP contribution in [0, 0.1) is 11.8 Å². The lowest BCUT2D eigenvalue weighted by molar-refractivity contribution is -0.142. The zero-order chi connectivity index (χ0) is 15.9. The van der Waals surface area contributed by atoms with Gasteiger partial charge in [0.1, 0.15) is 0 Å². The number of carboxylic acid groups (broad SMARTS) is 1. The van der Waals surface area contributed by atoms with E-state index in [-0.39, 0.29) is 18.0 Å². The highest BCUT2D eigenvalue weighted by Crippen LogP contribution is 2.24. The molecule has 0 bridgehead atoms. The summed E-state index contributed by atoms with van der Waals surface area (Å²) in [5, 5.41) is 14.8. The van der Waals surface area contributed by atoms with Gasteiger partial charge < -0.3 is 20.5 Å². The molecule has 22 heavy (non-hydrogen) atoms. The van der Waals surface area contributed by atoms with E-state index in [2.05, 4.69) is 17.6 Å². The number of urea groups is 1. The summed E-state index contributed by atoms with van der Waals surface area (Å²) in [7, 11) is 0. The van der Waals surface area contributed by atoms with Crippen molar-refractivity contribution in [3.05, 3.63) is 0 Å². The maximum absolute atomic E-state index is 11.9. The standard InChI is InChI=1S/C16H28N2O4/c1-11-10-12(7-9-22-11)6-8-17-16(21)18-14-4-2-13(3-5-14)15(19)20/h11-14H,2-10H2,1H3,(H,19,20)(H2,17,18,21). The second kappa shape index (κ2) is 8.36. The van der Waals surface area contributed by atoms with Crippen molar-refractivity contribution in [2.45, 2.75) is 64.0 Å². The van der Waals surface area contributed by atoms with E-state index < -0.39 is 5.97 Å². The Morgan fingerprint density at radius 1 is 1.18 bits per heavy atom. The van der Waals surface area contributed by atoms with Crippen LogP contribution in [0.25, 0.3) is 0 Å². The van der Waals surface area contributed by atoms with Gasteiger partial charge in [0, 0.05) is 19.2 Å². The van der Waals surface area contributed by atoms with E-state index in [1.54, 1.807) is 0 Å². The fraction of sp³-hybridized carbons (Fsp3) is 0.875. The number of rotatable bonds is 5. The van der Waals surface area contributed by atoms with Crippen LogP contribution in [0.15, 0.2) is 0 Å². The van der Waals surface area contributed by atoms with E-state index in [0.29, 0.717) is 31.4 Å². The monoisotopic (exact) mass is 312 g/mol. The Bertz CT molecular complexity index is 380. The van der Waals surface area contributed by atoms with Gasteiger partial charge in [-0.3, -0.25) is 4.79 Å². The maximum atomic E-state index is 11.9. The van der Waals surface area contributed by atoms with Crippen LogP contribution in [-0.4, -0.2) is 42.4 Å². The summed E-state index contributed by atoms with van der Waals surface area (Å²) in [5.41, 5.74) is 0. The molecule has 3 N–H and O–H groups in total.